The standard InChI is InChI=1S/C31H40N6O5S/c1-4-8-27-26-21-28(33-31(38)30(26)35(3)34-27)25-20-24(10-11-29(25)42-17-5-2)43(39,40)37(22-23-9-6-7-12-32-23)14-13-36-15-18-41-19-16-36/h6-7,9-12,20-21H,4-5,8,13-19,22H2,1-3H3,(H,33,38). The third-order valence-electron chi connectivity index (χ3n) is 7.57. The summed E-state index contributed by atoms with van der Waals surface area (Å²) in [7, 11) is -2.21. The second kappa shape index (κ2) is 13.8. The van der Waals surface area contributed by atoms with E-state index in [1.807, 2.05) is 31.2 Å². The predicted molar refractivity (Wildman–Crippen MR) is 166 cm³/mol. The normalized spacial score (nSPS) is 14.5. The van der Waals surface area contributed by atoms with Gasteiger partial charge in [0.1, 0.15) is 11.3 Å². The number of morpholine rings is 1. The molecule has 43 heavy (non-hydrogen) atoms. The van der Waals surface area contributed by atoms with Crippen LogP contribution in [0.5, 0.6) is 5.75 Å². The maximum atomic E-state index is 14.3. The SMILES string of the molecule is CCCOc1ccc(S(=O)(=O)N(CCN2CCOCC2)Cc2ccccn2)cc1-c1cc2c(CCC)nn(C)c2c(=O)[nH]1. The van der Waals surface area contributed by atoms with E-state index in [2.05, 4.69) is 26.9 Å². The molecular formula is C31H40N6O5S. The highest BCUT2D eigenvalue weighted by Gasteiger charge is 2.28. The molecule has 11 nitrogen and oxygen atoms in total. The van der Waals surface area contributed by atoms with E-state index >= 15 is 0 Å². The zero-order chi connectivity index (χ0) is 30.4. The number of aromatic amines is 1. The van der Waals surface area contributed by atoms with Gasteiger partial charge in [-0.05, 0) is 49.2 Å². The van der Waals surface area contributed by atoms with Crippen LogP contribution in [-0.4, -0.2) is 83.4 Å². The first-order chi connectivity index (χ1) is 20.8. The number of benzene rings is 1. The number of aryl methyl sites for hydroxylation is 2. The second-order valence-electron chi connectivity index (χ2n) is 10.7. The Labute approximate surface area is 252 Å². The van der Waals surface area contributed by atoms with Crippen LogP contribution in [-0.2, 0) is 34.8 Å². The third-order valence-corrected chi connectivity index (χ3v) is 9.41. The number of hydrogen-bond donors (Lipinski definition) is 1. The number of ether oxygens (including phenoxy) is 2. The van der Waals surface area contributed by atoms with Gasteiger partial charge in [0.15, 0.2) is 0 Å². The van der Waals surface area contributed by atoms with Crippen LogP contribution in [0.3, 0.4) is 0 Å². The first kappa shape index (κ1) is 30.9. The van der Waals surface area contributed by atoms with E-state index in [1.165, 1.54) is 4.31 Å². The number of H-pyrrole nitrogens is 1. The number of pyridine rings is 2. The number of nitrogens with zero attached hydrogens (tertiary/aromatic N) is 5. The highest BCUT2D eigenvalue weighted by atomic mass is 32.2. The number of rotatable bonds is 13. The molecular weight excluding hydrogens is 568 g/mol. The zero-order valence-electron chi connectivity index (χ0n) is 25.1. The van der Waals surface area contributed by atoms with Crippen LogP contribution in [0.15, 0.2) is 58.4 Å². The van der Waals surface area contributed by atoms with Crippen molar-refractivity contribution in [3.8, 4) is 17.0 Å². The highest BCUT2D eigenvalue weighted by molar-refractivity contribution is 7.89. The topological polar surface area (TPSA) is 123 Å². The van der Waals surface area contributed by atoms with Crippen molar-refractivity contribution in [2.45, 2.75) is 44.6 Å². The van der Waals surface area contributed by atoms with E-state index in [0.29, 0.717) is 61.1 Å². The summed E-state index contributed by atoms with van der Waals surface area (Å²) in [5.41, 5.74) is 2.67. The zero-order valence-corrected chi connectivity index (χ0v) is 25.9. The molecule has 0 amide bonds. The van der Waals surface area contributed by atoms with Crippen molar-refractivity contribution >= 4 is 20.9 Å². The first-order valence-electron chi connectivity index (χ1n) is 14.9. The van der Waals surface area contributed by atoms with Gasteiger partial charge in [-0.3, -0.25) is 19.4 Å². The molecule has 1 aliphatic rings. The van der Waals surface area contributed by atoms with Gasteiger partial charge < -0.3 is 14.5 Å². The van der Waals surface area contributed by atoms with Crippen molar-refractivity contribution in [3.63, 3.8) is 0 Å². The van der Waals surface area contributed by atoms with Crippen LogP contribution in [0.1, 0.15) is 38.1 Å². The summed E-state index contributed by atoms with van der Waals surface area (Å²) in [6.45, 7) is 8.31. The summed E-state index contributed by atoms with van der Waals surface area (Å²) < 4.78 is 43.1. The number of nitrogens with one attached hydrogen (secondary N) is 1. The van der Waals surface area contributed by atoms with E-state index in [4.69, 9.17) is 9.47 Å². The van der Waals surface area contributed by atoms with Crippen molar-refractivity contribution < 1.29 is 17.9 Å². The third kappa shape index (κ3) is 6.98. The Balaban J connectivity index is 1.57. The minimum Gasteiger partial charge on any atom is -0.493 e. The summed E-state index contributed by atoms with van der Waals surface area (Å²) in [5, 5.41) is 5.32. The molecule has 0 saturated carbocycles. The van der Waals surface area contributed by atoms with Crippen LogP contribution in [0, 0.1) is 0 Å². The van der Waals surface area contributed by atoms with E-state index in [9.17, 15) is 13.2 Å². The Morgan fingerprint density at radius 2 is 1.91 bits per heavy atom. The number of fused-ring (bicyclic) bond motifs is 1. The van der Waals surface area contributed by atoms with Crippen molar-refractivity contribution in [1.82, 2.24) is 29.0 Å². The smallest absolute Gasteiger partial charge is 0.274 e. The molecule has 1 aromatic carbocycles. The van der Waals surface area contributed by atoms with Gasteiger partial charge >= 0.3 is 0 Å². The molecule has 3 aromatic heterocycles. The summed E-state index contributed by atoms with van der Waals surface area (Å²) in [4.78, 5) is 22.9. The molecule has 0 aliphatic carbocycles. The lowest BCUT2D eigenvalue weighted by atomic mass is 10.1. The van der Waals surface area contributed by atoms with Crippen molar-refractivity contribution in [1.29, 1.82) is 0 Å². The average Bonchev–Trinajstić information content (AvgIpc) is 3.34. The van der Waals surface area contributed by atoms with Crippen LogP contribution in [0.2, 0.25) is 0 Å². The maximum absolute atomic E-state index is 14.3. The summed E-state index contributed by atoms with van der Waals surface area (Å²) in [6, 6.07) is 12.2. The average molecular weight is 609 g/mol. The van der Waals surface area contributed by atoms with Crippen molar-refractivity contribution in [3.05, 3.63) is 70.4 Å². The first-order valence-corrected chi connectivity index (χ1v) is 16.3. The largest absolute Gasteiger partial charge is 0.493 e. The van der Waals surface area contributed by atoms with E-state index < -0.39 is 10.0 Å². The van der Waals surface area contributed by atoms with Gasteiger partial charge in [-0.1, -0.05) is 26.3 Å². The molecule has 4 heterocycles. The molecule has 1 saturated heterocycles. The quantitative estimate of drug-likeness (QED) is 0.244. The van der Waals surface area contributed by atoms with Gasteiger partial charge in [0.05, 0.1) is 48.3 Å². The van der Waals surface area contributed by atoms with Gasteiger partial charge in [0.2, 0.25) is 10.0 Å². The molecule has 0 unspecified atom stereocenters. The predicted octanol–water partition coefficient (Wildman–Crippen LogP) is 3.59. The van der Waals surface area contributed by atoms with Gasteiger partial charge in [-0.25, -0.2) is 8.42 Å². The lowest BCUT2D eigenvalue weighted by Crippen LogP contribution is -2.43. The summed E-state index contributed by atoms with van der Waals surface area (Å²) in [5.74, 6) is 0.501. The van der Waals surface area contributed by atoms with Crippen LogP contribution in [0.4, 0.5) is 0 Å². The molecule has 5 rings (SSSR count). The van der Waals surface area contributed by atoms with Gasteiger partial charge in [-0.2, -0.15) is 9.40 Å². The van der Waals surface area contributed by atoms with Gasteiger partial charge in [0.25, 0.3) is 5.56 Å². The molecule has 1 fully saturated rings. The molecule has 0 spiro atoms. The van der Waals surface area contributed by atoms with Crippen LogP contribution >= 0.6 is 0 Å². The molecule has 4 aromatic rings. The Bertz CT molecular complexity index is 1700. The Hall–Kier alpha value is -3.58. The Kier molecular flexibility index (Phi) is 9.91. The van der Waals surface area contributed by atoms with Gasteiger partial charge in [-0.15, -0.1) is 0 Å². The maximum Gasteiger partial charge on any atom is 0.274 e. The number of aromatic nitrogens is 4. The monoisotopic (exact) mass is 608 g/mol. The van der Waals surface area contributed by atoms with Crippen LogP contribution < -0.4 is 10.3 Å². The van der Waals surface area contributed by atoms with Crippen molar-refractivity contribution in [2.75, 3.05) is 46.0 Å². The van der Waals surface area contributed by atoms with E-state index in [1.54, 1.807) is 36.1 Å². The minimum absolute atomic E-state index is 0.116. The van der Waals surface area contributed by atoms with E-state index in [-0.39, 0.29) is 17.0 Å². The van der Waals surface area contributed by atoms with Gasteiger partial charge in [0, 0.05) is 50.4 Å². The highest BCUT2D eigenvalue weighted by Crippen LogP contribution is 2.34. The number of hydrogen-bond acceptors (Lipinski definition) is 8. The molecule has 0 atom stereocenters. The van der Waals surface area contributed by atoms with E-state index in [0.717, 1.165) is 43.4 Å². The fourth-order valence-corrected chi connectivity index (χ4v) is 6.78. The summed E-state index contributed by atoms with van der Waals surface area (Å²) in [6.07, 6.45) is 4.04. The fraction of sp³-hybridized carbons (Fsp3) is 0.452. The Morgan fingerprint density at radius 3 is 2.63 bits per heavy atom. The molecule has 0 radical (unpaired) electrons. The Morgan fingerprint density at radius 1 is 1.09 bits per heavy atom. The van der Waals surface area contributed by atoms with Crippen LogP contribution in [0.25, 0.3) is 22.2 Å². The lowest BCUT2D eigenvalue weighted by Gasteiger charge is -2.29. The molecule has 0 bridgehead atoms. The van der Waals surface area contributed by atoms with Crippen molar-refractivity contribution in [2.24, 2.45) is 7.05 Å². The number of sulfonamides is 1. The molecule has 230 valence electrons. The summed E-state index contributed by atoms with van der Waals surface area (Å²) >= 11 is 0. The second-order valence-corrected chi connectivity index (χ2v) is 12.7. The lowest BCUT2D eigenvalue weighted by molar-refractivity contribution is 0.0361. The molecule has 1 N–H and O–H groups in total. The molecule has 1 aliphatic heterocycles. The minimum atomic E-state index is -3.96. The molecule has 12 heteroatoms. The fourth-order valence-electron chi connectivity index (χ4n) is 5.35.